The summed E-state index contributed by atoms with van der Waals surface area (Å²) in [6.07, 6.45) is 1.80. The van der Waals surface area contributed by atoms with Crippen molar-refractivity contribution in [1.29, 1.82) is 5.26 Å². The molecule has 0 unspecified atom stereocenters. The van der Waals surface area contributed by atoms with Crippen LogP contribution in [0.15, 0.2) is 11.8 Å². The highest BCUT2D eigenvalue weighted by molar-refractivity contribution is 5.82. The fourth-order valence-corrected chi connectivity index (χ4v) is 0.979. The van der Waals surface area contributed by atoms with E-state index in [4.69, 9.17) is 10.00 Å². The third-order valence-corrected chi connectivity index (χ3v) is 1.49. The van der Waals surface area contributed by atoms with Gasteiger partial charge >= 0.3 is 5.97 Å². The van der Waals surface area contributed by atoms with Gasteiger partial charge in [-0.2, -0.15) is 5.26 Å². The Morgan fingerprint density at radius 2 is 2.36 bits per heavy atom. The van der Waals surface area contributed by atoms with Crippen molar-refractivity contribution in [2.75, 3.05) is 6.61 Å². The number of allylic oxidation sites excluding steroid dienone is 1. The van der Waals surface area contributed by atoms with Gasteiger partial charge in [-0.15, -0.1) is 0 Å². The van der Waals surface area contributed by atoms with E-state index >= 15 is 0 Å². The maximum Gasteiger partial charge on any atom is 0.332 e. The molecule has 0 aliphatic carbocycles. The molecule has 0 heterocycles. The molecule has 0 rings (SSSR count). The lowest BCUT2D eigenvalue weighted by Crippen LogP contribution is -2.24. The second-order valence-corrected chi connectivity index (χ2v) is 2.99. The molecule has 0 radical (unpaired) electrons. The van der Waals surface area contributed by atoms with Gasteiger partial charge in [-0.05, 0) is 20.8 Å². The monoisotopic (exact) mass is 196 g/mol. The average molecular weight is 196 g/mol. The van der Waals surface area contributed by atoms with Gasteiger partial charge < -0.3 is 10.1 Å². The highest BCUT2D eigenvalue weighted by atomic mass is 16.5. The van der Waals surface area contributed by atoms with Crippen LogP contribution in [0.2, 0.25) is 0 Å². The van der Waals surface area contributed by atoms with Gasteiger partial charge in [0.15, 0.2) is 0 Å². The minimum Gasteiger partial charge on any atom is -0.463 e. The van der Waals surface area contributed by atoms with Crippen molar-refractivity contribution in [3.05, 3.63) is 11.8 Å². The Morgan fingerprint density at radius 3 is 2.86 bits per heavy atom. The predicted octanol–water partition coefficient (Wildman–Crippen LogP) is 1.35. The van der Waals surface area contributed by atoms with E-state index in [0.29, 0.717) is 18.7 Å². The first-order valence-electron chi connectivity index (χ1n) is 4.58. The molecule has 0 aromatic heterocycles. The van der Waals surface area contributed by atoms with E-state index < -0.39 is 0 Å². The Balaban J connectivity index is 4.00. The molecule has 0 bridgehead atoms. The molecular weight excluding hydrogens is 180 g/mol. The largest absolute Gasteiger partial charge is 0.463 e. The van der Waals surface area contributed by atoms with Crippen molar-refractivity contribution in [2.45, 2.75) is 33.2 Å². The molecule has 1 N–H and O–H groups in total. The Hall–Kier alpha value is -1.50. The molecule has 0 saturated heterocycles. The molecule has 4 nitrogen and oxygen atoms in total. The summed E-state index contributed by atoms with van der Waals surface area (Å²) in [6.45, 7) is 5.78. The molecule has 4 heteroatoms. The molecule has 0 fully saturated rings. The molecule has 0 aromatic rings. The maximum atomic E-state index is 11.0. The SMILES string of the molecule is CCOC(=O)/C=C(\C)N[C@@H](C)CC#N. The van der Waals surface area contributed by atoms with E-state index in [1.165, 1.54) is 6.08 Å². The second-order valence-electron chi connectivity index (χ2n) is 2.99. The smallest absolute Gasteiger partial charge is 0.332 e. The summed E-state index contributed by atoms with van der Waals surface area (Å²) >= 11 is 0. The van der Waals surface area contributed by atoms with Crippen LogP contribution in [0.3, 0.4) is 0 Å². The minimum absolute atomic E-state index is 0.0469. The molecule has 0 aliphatic heterocycles. The zero-order valence-corrected chi connectivity index (χ0v) is 8.83. The third kappa shape index (κ3) is 6.06. The van der Waals surface area contributed by atoms with Crippen molar-refractivity contribution in [3.8, 4) is 6.07 Å². The fraction of sp³-hybridized carbons (Fsp3) is 0.600. The van der Waals surface area contributed by atoms with Crippen LogP contribution in [0.1, 0.15) is 27.2 Å². The Morgan fingerprint density at radius 1 is 1.71 bits per heavy atom. The topological polar surface area (TPSA) is 62.1 Å². The number of esters is 1. The normalized spacial score (nSPS) is 12.9. The summed E-state index contributed by atoms with van der Waals surface area (Å²) in [4.78, 5) is 11.0. The predicted molar refractivity (Wildman–Crippen MR) is 53.2 cm³/mol. The second kappa shape index (κ2) is 6.96. The number of hydrogen-bond acceptors (Lipinski definition) is 4. The number of nitrogens with zero attached hydrogens (tertiary/aromatic N) is 1. The zero-order valence-electron chi connectivity index (χ0n) is 8.83. The van der Waals surface area contributed by atoms with E-state index in [0.717, 1.165) is 0 Å². The first-order chi connectivity index (χ1) is 6.60. The minimum atomic E-state index is -0.360. The Bertz CT molecular complexity index is 253. The summed E-state index contributed by atoms with van der Waals surface area (Å²) in [7, 11) is 0. The lowest BCUT2D eigenvalue weighted by Gasteiger charge is -2.11. The molecule has 78 valence electrons. The fourth-order valence-electron chi connectivity index (χ4n) is 0.979. The van der Waals surface area contributed by atoms with Gasteiger partial charge in [0.1, 0.15) is 0 Å². The first-order valence-corrected chi connectivity index (χ1v) is 4.58. The molecule has 0 spiro atoms. The van der Waals surface area contributed by atoms with Crippen molar-refractivity contribution in [2.24, 2.45) is 0 Å². The number of ether oxygens (including phenoxy) is 1. The summed E-state index contributed by atoms with van der Waals surface area (Å²) in [5.41, 5.74) is 0.714. The molecule has 1 atom stereocenters. The average Bonchev–Trinajstić information content (AvgIpc) is 2.03. The van der Waals surface area contributed by atoms with Crippen LogP contribution >= 0.6 is 0 Å². The van der Waals surface area contributed by atoms with Gasteiger partial charge in [0.25, 0.3) is 0 Å². The number of carbonyl (C=O) groups excluding carboxylic acids is 1. The lowest BCUT2D eigenvalue weighted by molar-refractivity contribution is -0.137. The number of nitriles is 1. The van der Waals surface area contributed by atoms with Gasteiger partial charge in [-0.3, -0.25) is 0 Å². The number of nitrogens with one attached hydrogen (secondary N) is 1. The Labute approximate surface area is 84.6 Å². The van der Waals surface area contributed by atoms with E-state index in [9.17, 15) is 4.79 Å². The molecule has 14 heavy (non-hydrogen) atoms. The number of carbonyl (C=O) groups is 1. The summed E-state index contributed by atoms with van der Waals surface area (Å²) in [5.74, 6) is -0.360. The van der Waals surface area contributed by atoms with Crippen LogP contribution in [0.5, 0.6) is 0 Å². The maximum absolute atomic E-state index is 11.0. The van der Waals surface area contributed by atoms with E-state index in [1.54, 1.807) is 13.8 Å². The van der Waals surface area contributed by atoms with Crippen LogP contribution in [0.25, 0.3) is 0 Å². The molecular formula is C10H16N2O2. The van der Waals surface area contributed by atoms with E-state index in [2.05, 4.69) is 5.32 Å². The highest BCUT2D eigenvalue weighted by Gasteiger charge is 2.02. The quantitative estimate of drug-likeness (QED) is 0.532. The number of hydrogen-bond donors (Lipinski definition) is 1. The summed E-state index contributed by atoms with van der Waals surface area (Å²) < 4.78 is 4.73. The van der Waals surface area contributed by atoms with E-state index in [1.807, 2.05) is 13.0 Å². The molecule has 0 aromatic carbocycles. The first kappa shape index (κ1) is 12.5. The summed E-state index contributed by atoms with van der Waals surface area (Å²) in [6, 6.07) is 2.09. The molecule has 0 saturated carbocycles. The molecule has 0 aliphatic rings. The third-order valence-electron chi connectivity index (χ3n) is 1.49. The summed E-state index contributed by atoms with van der Waals surface area (Å²) in [5, 5.41) is 11.4. The van der Waals surface area contributed by atoms with Crippen LogP contribution < -0.4 is 5.32 Å². The van der Waals surface area contributed by atoms with Crippen molar-refractivity contribution in [3.63, 3.8) is 0 Å². The highest BCUT2D eigenvalue weighted by Crippen LogP contribution is 1.95. The molecule has 0 amide bonds. The van der Waals surface area contributed by atoms with Crippen LogP contribution in [-0.2, 0) is 9.53 Å². The van der Waals surface area contributed by atoms with Crippen molar-refractivity contribution < 1.29 is 9.53 Å². The van der Waals surface area contributed by atoms with Crippen LogP contribution in [-0.4, -0.2) is 18.6 Å². The standard InChI is InChI=1S/C10H16N2O2/c1-4-14-10(13)7-9(3)12-8(2)5-6-11/h7-8,12H,4-5H2,1-3H3/b9-7+/t8-/m0/s1. The van der Waals surface area contributed by atoms with Gasteiger partial charge in [0.2, 0.25) is 0 Å². The van der Waals surface area contributed by atoms with Crippen molar-refractivity contribution in [1.82, 2.24) is 5.32 Å². The van der Waals surface area contributed by atoms with Crippen LogP contribution in [0, 0.1) is 11.3 Å². The van der Waals surface area contributed by atoms with Crippen LogP contribution in [0.4, 0.5) is 0 Å². The van der Waals surface area contributed by atoms with Gasteiger partial charge in [0, 0.05) is 17.8 Å². The zero-order chi connectivity index (χ0) is 11.0. The Kier molecular flexibility index (Phi) is 6.21. The lowest BCUT2D eigenvalue weighted by atomic mass is 10.2. The van der Waals surface area contributed by atoms with Gasteiger partial charge in [-0.25, -0.2) is 4.79 Å². The van der Waals surface area contributed by atoms with Gasteiger partial charge in [0.05, 0.1) is 19.1 Å². The van der Waals surface area contributed by atoms with Crippen molar-refractivity contribution >= 4 is 5.97 Å². The number of rotatable bonds is 5. The van der Waals surface area contributed by atoms with Gasteiger partial charge in [-0.1, -0.05) is 0 Å². The van der Waals surface area contributed by atoms with E-state index in [-0.39, 0.29) is 12.0 Å².